The van der Waals surface area contributed by atoms with Crippen LogP contribution in [0.15, 0.2) is 12.4 Å². The van der Waals surface area contributed by atoms with Crippen molar-refractivity contribution in [2.24, 2.45) is 0 Å². The van der Waals surface area contributed by atoms with E-state index in [1.807, 2.05) is 24.0 Å². The van der Waals surface area contributed by atoms with Crippen LogP contribution in [-0.2, 0) is 9.84 Å². The van der Waals surface area contributed by atoms with Crippen molar-refractivity contribution in [2.75, 3.05) is 18.6 Å². The highest BCUT2D eigenvalue weighted by atomic mass is 32.2. The Balaban J connectivity index is 2.34. The molecule has 0 spiro atoms. The summed E-state index contributed by atoms with van der Waals surface area (Å²) < 4.78 is 23.9. The van der Waals surface area contributed by atoms with Crippen molar-refractivity contribution < 1.29 is 8.42 Å². The van der Waals surface area contributed by atoms with E-state index in [1.54, 1.807) is 0 Å². The van der Waals surface area contributed by atoms with Crippen molar-refractivity contribution in [3.63, 3.8) is 0 Å². The Kier molecular flexibility index (Phi) is 5.34. The van der Waals surface area contributed by atoms with E-state index in [9.17, 15) is 8.42 Å². The van der Waals surface area contributed by atoms with Crippen LogP contribution in [0.1, 0.15) is 31.9 Å². The first-order chi connectivity index (χ1) is 8.29. The zero-order valence-electron chi connectivity index (χ0n) is 11.5. The molecule has 0 amide bonds. The van der Waals surface area contributed by atoms with Gasteiger partial charge in [-0.15, -0.1) is 0 Å². The molecule has 0 fully saturated rings. The fraction of sp³-hybridized carbons (Fsp3) is 0.750. The highest BCUT2D eigenvalue weighted by Gasteiger charge is 2.14. The SMILES string of the molecule is Cc1cnn([C@H](C)[C@H](C)NCCCS(C)(=O)=O)c1. The van der Waals surface area contributed by atoms with Crippen LogP contribution in [0.2, 0.25) is 0 Å². The second-order valence-electron chi connectivity index (χ2n) is 4.96. The number of hydrogen-bond acceptors (Lipinski definition) is 4. The zero-order valence-corrected chi connectivity index (χ0v) is 12.4. The summed E-state index contributed by atoms with van der Waals surface area (Å²) in [6.45, 7) is 6.90. The van der Waals surface area contributed by atoms with Crippen molar-refractivity contribution in [3.05, 3.63) is 18.0 Å². The topological polar surface area (TPSA) is 64.0 Å². The molecule has 0 radical (unpaired) electrons. The molecular formula is C12H23N3O2S. The molecule has 104 valence electrons. The molecule has 1 N–H and O–H groups in total. The van der Waals surface area contributed by atoms with Crippen molar-refractivity contribution in [1.82, 2.24) is 15.1 Å². The number of aromatic nitrogens is 2. The second kappa shape index (κ2) is 6.33. The lowest BCUT2D eigenvalue weighted by atomic mass is 10.1. The summed E-state index contributed by atoms with van der Waals surface area (Å²) in [7, 11) is -2.85. The van der Waals surface area contributed by atoms with E-state index in [1.165, 1.54) is 6.26 Å². The number of rotatable bonds is 7. The molecule has 0 aliphatic heterocycles. The van der Waals surface area contributed by atoms with Crippen molar-refractivity contribution in [2.45, 2.75) is 39.3 Å². The van der Waals surface area contributed by atoms with E-state index in [4.69, 9.17) is 0 Å². The predicted molar refractivity (Wildman–Crippen MR) is 73.5 cm³/mol. The number of aryl methyl sites for hydroxylation is 1. The van der Waals surface area contributed by atoms with E-state index < -0.39 is 9.84 Å². The lowest BCUT2D eigenvalue weighted by molar-refractivity contribution is 0.367. The first-order valence-electron chi connectivity index (χ1n) is 6.21. The molecule has 18 heavy (non-hydrogen) atoms. The maximum Gasteiger partial charge on any atom is 0.147 e. The van der Waals surface area contributed by atoms with Crippen molar-refractivity contribution in [1.29, 1.82) is 0 Å². The van der Waals surface area contributed by atoms with Gasteiger partial charge in [-0.2, -0.15) is 5.10 Å². The standard InChI is InChI=1S/C12H23N3O2S/c1-10-8-14-15(9-10)12(3)11(2)13-6-5-7-18(4,16)17/h8-9,11-13H,5-7H2,1-4H3/t11-,12+/m0/s1. The minimum atomic E-state index is -2.85. The maximum atomic E-state index is 11.0. The van der Waals surface area contributed by atoms with Crippen LogP contribution in [0.25, 0.3) is 0 Å². The van der Waals surface area contributed by atoms with Crippen LogP contribution in [-0.4, -0.2) is 42.8 Å². The number of nitrogens with zero attached hydrogens (tertiary/aromatic N) is 2. The summed E-state index contributed by atoms with van der Waals surface area (Å²) in [6.07, 6.45) is 5.77. The fourth-order valence-electron chi connectivity index (χ4n) is 1.72. The molecule has 0 saturated carbocycles. The second-order valence-corrected chi connectivity index (χ2v) is 7.22. The van der Waals surface area contributed by atoms with Gasteiger partial charge in [0.25, 0.3) is 0 Å². The summed E-state index contributed by atoms with van der Waals surface area (Å²) in [6, 6.07) is 0.501. The Labute approximate surface area is 109 Å². The Bertz CT molecular complexity index is 467. The first-order valence-corrected chi connectivity index (χ1v) is 8.27. The summed E-state index contributed by atoms with van der Waals surface area (Å²) in [5.41, 5.74) is 1.14. The molecule has 1 aromatic rings. The van der Waals surface area contributed by atoms with E-state index >= 15 is 0 Å². The van der Waals surface area contributed by atoms with Gasteiger partial charge < -0.3 is 5.32 Å². The van der Waals surface area contributed by atoms with E-state index in [2.05, 4.69) is 24.3 Å². The zero-order chi connectivity index (χ0) is 13.8. The van der Waals surface area contributed by atoms with Gasteiger partial charge >= 0.3 is 0 Å². The monoisotopic (exact) mass is 273 g/mol. The molecule has 0 aliphatic rings. The third-order valence-electron chi connectivity index (χ3n) is 3.03. The van der Waals surface area contributed by atoms with Gasteiger partial charge in [0, 0.05) is 18.5 Å². The highest BCUT2D eigenvalue weighted by molar-refractivity contribution is 7.90. The minimum Gasteiger partial charge on any atom is -0.312 e. The van der Waals surface area contributed by atoms with Gasteiger partial charge in [0.2, 0.25) is 0 Å². The molecule has 0 aliphatic carbocycles. The smallest absolute Gasteiger partial charge is 0.147 e. The normalized spacial score (nSPS) is 15.6. The van der Waals surface area contributed by atoms with Gasteiger partial charge in [0.05, 0.1) is 18.0 Å². The first kappa shape index (κ1) is 15.2. The summed E-state index contributed by atoms with van der Waals surface area (Å²) >= 11 is 0. The van der Waals surface area contributed by atoms with Crippen LogP contribution in [0.3, 0.4) is 0 Å². The summed E-state index contributed by atoms with van der Waals surface area (Å²) in [5.74, 6) is 0.238. The lowest BCUT2D eigenvalue weighted by Gasteiger charge is -2.21. The summed E-state index contributed by atoms with van der Waals surface area (Å²) in [5, 5.41) is 7.62. The van der Waals surface area contributed by atoms with Crippen LogP contribution < -0.4 is 5.32 Å². The van der Waals surface area contributed by atoms with Gasteiger partial charge in [-0.25, -0.2) is 8.42 Å². The average Bonchev–Trinajstić information content (AvgIpc) is 2.68. The van der Waals surface area contributed by atoms with Crippen LogP contribution in [0.5, 0.6) is 0 Å². The van der Waals surface area contributed by atoms with Crippen LogP contribution in [0, 0.1) is 6.92 Å². The Hall–Kier alpha value is -0.880. The van der Waals surface area contributed by atoms with Crippen molar-refractivity contribution in [3.8, 4) is 0 Å². The summed E-state index contributed by atoms with van der Waals surface area (Å²) in [4.78, 5) is 0. The maximum absolute atomic E-state index is 11.0. The Morgan fingerprint density at radius 1 is 1.44 bits per heavy atom. The predicted octanol–water partition coefficient (Wildman–Crippen LogP) is 1.17. The van der Waals surface area contributed by atoms with Gasteiger partial charge in [-0.3, -0.25) is 4.68 Å². The van der Waals surface area contributed by atoms with Crippen LogP contribution >= 0.6 is 0 Å². The molecule has 0 unspecified atom stereocenters. The fourth-order valence-corrected chi connectivity index (χ4v) is 2.39. The van der Waals surface area contributed by atoms with Gasteiger partial charge in [-0.1, -0.05) is 0 Å². The number of nitrogens with one attached hydrogen (secondary N) is 1. The van der Waals surface area contributed by atoms with Gasteiger partial charge in [0.1, 0.15) is 9.84 Å². The molecule has 6 heteroatoms. The number of sulfone groups is 1. The largest absolute Gasteiger partial charge is 0.312 e. The van der Waals surface area contributed by atoms with Crippen molar-refractivity contribution >= 4 is 9.84 Å². The average molecular weight is 273 g/mol. The van der Waals surface area contributed by atoms with E-state index in [0.29, 0.717) is 13.0 Å². The highest BCUT2D eigenvalue weighted by Crippen LogP contribution is 2.10. The molecule has 5 nitrogen and oxygen atoms in total. The minimum absolute atomic E-state index is 0.238. The Morgan fingerprint density at radius 2 is 2.11 bits per heavy atom. The van der Waals surface area contributed by atoms with E-state index in [0.717, 1.165) is 5.56 Å². The molecule has 0 bridgehead atoms. The molecule has 0 aromatic carbocycles. The third kappa shape index (κ3) is 5.18. The third-order valence-corrected chi connectivity index (χ3v) is 4.06. The lowest BCUT2D eigenvalue weighted by Crippen LogP contribution is -2.35. The quantitative estimate of drug-likeness (QED) is 0.757. The molecule has 1 rings (SSSR count). The molecule has 0 saturated heterocycles. The van der Waals surface area contributed by atoms with E-state index in [-0.39, 0.29) is 17.8 Å². The molecule has 1 aromatic heterocycles. The van der Waals surface area contributed by atoms with Gasteiger partial charge in [-0.05, 0) is 39.3 Å². The van der Waals surface area contributed by atoms with Crippen LogP contribution in [0.4, 0.5) is 0 Å². The van der Waals surface area contributed by atoms with Gasteiger partial charge in [0.15, 0.2) is 0 Å². The molecule has 2 atom stereocenters. The molecule has 1 heterocycles. The number of hydrogen-bond donors (Lipinski definition) is 1. The molecular weight excluding hydrogens is 250 g/mol. The Morgan fingerprint density at radius 3 is 2.61 bits per heavy atom.